The lowest BCUT2D eigenvalue weighted by atomic mass is 10.3. The Bertz CT molecular complexity index is 719. The van der Waals surface area contributed by atoms with E-state index in [0.29, 0.717) is 6.42 Å². The van der Waals surface area contributed by atoms with Crippen molar-refractivity contribution in [3.63, 3.8) is 0 Å². The lowest BCUT2D eigenvalue weighted by Gasteiger charge is -2.04. The number of aromatic amines is 1. The molecule has 8 nitrogen and oxygen atoms in total. The van der Waals surface area contributed by atoms with Crippen LogP contribution in [0.15, 0.2) is 15.8 Å². The summed E-state index contributed by atoms with van der Waals surface area (Å²) in [5, 5.41) is 6.52. The van der Waals surface area contributed by atoms with E-state index in [4.69, 9.17) is 0 Å². The van der Waals surface area contributed by atoms with Crippen molar-refractivity contribution in [2.45, 2.75) is 17.6 Å². The first-order chi connectivity index (χ1) is 9.47. The molecule has 0 saturated carbocycles. The maximum Gasteiger partial charge on any atom is 0.358 e. The van der Waals surface area contributed by atoms with Gasteiger partial charge in [0.25, 0.3) is 10.0 Å². The quantitative estimate of drug-likeness (QED) is 0.796. The molecule has 2 aromatic heterocycles. The van der Waals surface area contributed by atoms with Gasteiger partial charge in [-0.2, -0.15) is 5.10 Å². The summed E-state index contributed by atoms with van der Waals surface area (Å²) in [5.41, 5.74) is 1.82. The first kappa shape index (κ1) is 14.5. The minimum absolute atomic E-state index is 0.158. The molecule has 0 spiro atoms. The molecule has 108 valence electrons. The van der Waals surface area contributed by atoms with Crippen LogP contribution in [0.3, 0.4) is 0 Å². The summed E-state index contributed by atoms with van der Waals surface area (Å²) in [4.78, 5) is 15.2. The second-order valence-electron chi connectivity index (χ2n) is 3.72. The number of carbonyl (C=O) groups excluding carboxylic acids is 1. The largest absolute Gasteiger partial charge is 0.464 e. The van der Waals surface area contributed by atoms with Crippen molar-refractivity contribution in [1.82, 2.24) is 15.2 Å². The predicted molar refractivity (Wildman–Crippen MR) is 72.2 cm³/mol. The average Bonchev–Trinajstić information content (AvgIpc) is 3.05. The highest BCUT2D eigenvalue weighted by Crippen LogP contribution is 2.23. The van der Waals surface area contributed by atoms with Gasteiger partial charge in [0.05, 0.1) is 12.6 Å². The third-order valence-corrected chi connectivity index (χ3v) is 5.13. The zero-order valence-electron chi connectivity index (χ0n) is 10.7. The van der Waals surface area contributed by atoms with E-state index >= 15 is 0 Å². The number of rotatable bonds is 5. The van der Waals surface area contributed by atoms with Crippen LogP contribution in [0.25, 0.3) is 0 Å². The monoisotopic (exact) mass is 316 g/mol. The highest BCUT2D eigenvalue weighted by Gasteiger charge is 2.27. The first-order valence-corrected chi connectivity index (χ1v) is 7.93. The zero-order chi connectivity index (χ0) is 14.8. The van der Waals surface area contributed by atoms with Gasteiger partial charge in [0.15, 0.2) is 15.7 Å². The SMILES string of the molecule is CCc1cc(NS(=O)(=O)c2scnc2C(=O)OC)n[nH]1. The summed E-state index contributed by atoms with van der Waals surface area (Å²) in [6.07, 6.45) is 0.697. The molecule has 2 N–H and O–H groups in total. The van der Waals surface area contributed by atoms with Crippen molar-refractivity contribution in [2.24, 2.45) is 0 Å². The van der Waals surface area contributed by atoms with Crippen LogP contribution in [0.2, 0.25) is 0 Å². The van der Waals surface area contributed by atoms with Gasteiger partial charge >= 0.3 is 5.97 Å². The molecular formula is C10H12N4O4S2. The normalized spacial score (nSPS) is 11.3. The number of methoxy groups -OCH3 is 1. The number of esters is 1. The van der Waals surface area contributed by atoms with Crippen LogP contribution in [0.4, 0.5) is 5.82 Å². The second-order valence-corrected chi connectivity index (χ2v) is 6.45. The van der Waals surface area contributed by atoms with Crippen LogP contribution in [0, 0.1) is 0 Å². The molecule has 0 bridgehead atoms. The molecule has 2 aromatic rings. The molecule has 0 aromatic carbocycles. The van der Waals surface area contributed by atoms with Crippen molar-refractivity contribution in [3.05, 3.63) is 23.0 Å². The Kier molecular flexibility index (Phi) is 4.04. The standard InChI is InChI=1S/C10H12N4O4S2/c1-3-6-4-7(13-12-6)14-20(16,17)10-8(9(15)18-2)11-5-19-10/h4-5H,3H2,1-2H3,(H2,12,13,14). The molecule has 0 fully saturated rings. The Labute approximate surface area is 119 Å². The van der Waals surface area contributed by atoms with Crippen LogP contribution in [0.1, 0.15) is 23.1 Å². The highest BCUT2D eigenvalue weighted by atomic mass is 32.2. The van der Waals surface area contributed by atoms with Gasteiger partial charge in [0.1, 0.15) is 0 Å². The fourth-order valence-corrected chi connectivity index (χ4v) is 3.56. The summed E-state index contributed by atoms with van der Waals surface area (Å²) in [6, 6.07) is 1.58. The molecule has 0 amide bonds. The van der Waals surface area contributed by atoms with Gasteiger partial charge < -0.3 is 4.74 Å². The molecule has 0 aliphatic rings. The number of anilines is 1. The Balaban J connectivity index is 2.31. The van der Waals surface area contributed by atoms with Crippen molar-refractivity contribution in [2.75, 3.05) is 11.8 Å². The van der Waals surface area contributed by atoms with Gasteiger partial charge in [-0.3, -0.25) is 9.82 Å². The van der Waals surface area contributed by atoms with E-state index in [2.05, 4.69) is 24.6 Å². The molecule has 20 heavy (non-hydrogen) atoms. The number of sulfonamides is 1. The number of hydrogen-bond acceptors (Lipinski definition) is 7. The summed E-state index contributed by atoms with van der Waals surface area (Å²) in [6.45, 7) is 1.91. The lowest BCUT2D eigenvalue weighted by Crippen LogP contribution is -2.16. The van der Waals surface area contributed by atoms with Crippen molar-refractivity contribution in [3.8, 4) is 0 Å². The molecule has 10 heteroatoms. The Morgan fingerprint density at radius 3 is 2.90 bits per heavy atom. The predicted octanol–water partition coefficient (Wildman–Crippen LogP) is 1.02. The van der Waals surface area contributed by atoms with E-state index in [1.54, 1.807) is 6.07 Å². The number of H-pyrrole nitrogens is 1. The Morgan fingerprint density at radius 1 is 1.55 bits per heavy atom. The van der Waals surface area contributed by atoms with Crippen molar-refractivity contribution < 1.29 is 17.9 Å². The molecule has 0 unspecified atom stereocenters. The molecule has 0 radical (unpaired) electrons. The van der Waals surface area contributed by atoms with Gasteiger partial charge in [0.2, 0.25) is 0 Å². The van der Waals surface area contributed by atoms with E-state index in [-0.39, 0.29) is 15.7 Å². The first-order valence-electron chi connectivity index (χ1n) is 5.56. The van der Waals surface area contributed by atoms with Crippen LogP contribution in [0.5, 0.6) is 0 Å². The number of aromatic nitrogens is 3. The number of thiazole rings is 1. The zero-order valence-corrected chi connectivity index (χ0v) is 12.3. The molecule has 2 heterocycles. The molecule has 2 rings (SSSR count). The lowest BCUT2D eigenvalue weighted by molar-refractivity contribution is 0.0590. The third kappa shape index (κ3) is 2.80. The van der Waals surface area contributed by atoms with E-state index in [1.807, 2.05) is 6.92 Å². The fraction of sp³-hybridized carbons (Fsp3) is 0.300. The smallest absolute Gasteiger partial charge is 0.358 e. The van der Waals surface area contributed by atoms with Gasteiger partial charge in [-0.15, -0.1) is 11.3 Å². The van der Waals surface area contributed by atoms with Gasteiger partial charge in [-0.05, 0) is 6.42 Å². The number of carbonyl (C=O) groups is 1. The number of nitrogens with one attached hydrogen (secondary N) is 2. The van der Waals surface area contributed by atoms with Gasteiger partial charge in [-0.25, -0.2) is 18.2 Å². The van der Waals surface area contributed by atoms with Gasteiger partial charge in [-0.1, -0.05) is 6.92 Å². The second kappa shape index (κ2) is 5.59. The molecular weight excluding hydrogens is 304 g/mol. The summed E-state index contributed by atoms with van der Waals surface area (Å²) >= 11 is 0.832. The van der Waals surface area contributed by atoms with E-state index < -0.39 is 16.0 Å². The van der Waals surface area contributed by atoms with Crippen molar-refractivity contribution in [1.29, 1.82) is 0 Å². The van der Waals surface area contributed by atoms with Crippen LogP contribution in [-0.2, 0) is 21.2 Å². The highest BCUT2D eigenvalue weighted by molar-refractivity contribution is 7.94. The number of aryl methyl sites for hydroxylation is 1. The molecule has 0 atom stereocenters. The van der Waals surface area contributed by atoms with Gasteiger partial charge in [0, 0.05) is 11.8 Å². The summed E-state index contributed by atoms with van der Waals surface area (Å²) < 4.78 is 31.0. The maximum atomic E-state index is 12.2. The topological polar surface area (TPSA) is 114 Å². The van der Waals surface area contributed by atoms with E-state index in [0.717, 1.165) is 24.1 Å². The minimum atomic E-state index is -3.93. The summed E-state index contributed by atoms with van der Waals surface area (Å²) in [7, 11) is -2.77. The van der Waals surface area contributed by atoms with Crippen LogP contribution < -0.4 is 4.72 Å². The minimum Gasteiger partial charge on any atom is -0.464 e. The average molecular weight is 316 g/mol. The fourth-order valence-electron chi connectivity index (χ4n) is 1.44. The Hall–Kier alpha value is -1.94. The molecule has 0 aliphatic carbocycles. The number of ether oxygens (including phenoxy) is 1. The van der Waals surface area contributed by atoms with Crippen molar-refractivity contribution >= 4 is 33.1 Å². The molecule has 0 saturated heterocycles. The van der Waals surface area contributed by atoms with E-state index in [9.17, 15) is 13.2 Å². The van der Waals surface area contributed by atoms with E-state index in [1.165, 1.54) is 5.51 Å². The number of nitrogens with zero attached hydrogens (tertiary/aromatic N) is 2. The number of hydrogen-bond donors (Lipinski definition) is 2. The van der Waals surface area contributed by atoms with Crippen LogP contribution >= 0.6 is 11.3 Å². The third-order valence-electron chi connectivity index (χ3n) is 2.41. The summed E-state index contributed by atoms with van der Waals surface area (Å²) in [5.74, 6) is -0.644. The Morgan fingerprint density at radius 2 is 2.30 bits per heavy atom. The molecule has 0 aliphatic heterocycles. The van der Waals surface area contributed by atoms with Crippen LogP contribution in [-0.4, -0.2) is 36.7 Å². The maximum absolute atomic E-state index is 12.2.